The number of H-pyrrole nitrogens is 1. The second-order valence-electron chi connectivity index (χ2n) is 5.47. The molecule has 22 heavy (non-hydrogen) atoms. The standard InChI is InChI=1S/C12H16F3N3O4/c1-11(2,3)22-10(21)18-7(9(19)20)4-6-8(12(13,14)15)17-5-16-6/h5,7H,4H2,1-3H3,(H,16,17)(H,18,21)(H,19,20). The molecule has 1 rings (SSSR count). The number of aromatic amines is 1. The van der Waals surface area contributed by atoms with Gasteiger partial charge in [0.1, 0.15) is 11.6 Å². The van der Waals surface area contributed by atoms with E-state index in [1.165, 1.54) is 0 Å². The van der Waals surface area contributed by atoms with Gasteiger partial charge >= 0.3 is 18.2 Å². The molecule has 0 aromatic carbocycles. The van der Waals surface area contributed by atoms with Crippen molar-refractivity contribution in [2.45, 2.75) is 45.0 Å². The lowest BCUT2D eigenvalue weighted by atomic mass is 10.1. The molecule has 124 valence electrons. The van der Waals surface area contributed by atoms with Crippen molar-refractivity contribution >= 4 is 12.1 Å². The summed E-state index contributed by atoms with van der Waals surface area (Å²) in [6, 6.07) is -1.59. The van der Waals surface area contributed by atoms with E-state index in [2.05, 4.69) is 9.97 Å². The number of imidazole rings is 1. The largest absolute Gasteiger partial charge is 0.480 e. The van der Waals surface area contributed by atoms with Crippen LogP contribution < -0.4 is 5.32 Å². The molecule has 0 aliphatic rings. The molecule has 1 atom stereocenters. The molecule has 7 nitrogen and oxygen atoms in total. The second-order valence-corrected chi connectivity index (χ2v) is 5.47. The SMILES string of the molecule is CC(C)(C)OC(=O)NC(Cc1[nH]cnc1C(F)(F)F)C(=O)O. The van der Waals surface area contributed by atoms with Crippen molar-refractivity contribution in [2.75, 3.05) is 0 Å². The minimum atomic E-state index is -4.72. The maximum absolute atomic E-state index is 12.7. The zero-order valence-electron chi connectivity index (χ0n) is 12.1. The van der Waals surface area contributed by atoms with Crippen LogP contribution in [0.3, 0.4) is 0 Å². The highest BCUT2D eigenvalue weighted by molar-refractivity contribution is 5.80. The van der Waals surface area contributed by atoms with E-state index in [9.17, 15) is 22.8 Å². The predicted molar refractivity (Wildman–Crippen MR) is 68.1 cm³/mol. The number of alkyl carbamates (subject to hydrolysis) is 1. The van der Waals surface area contributed by atoms with Crippen LogP contribution in [-0.4, -0.2) is 38.8 Å². The van der Waals surface area contributed by atoms with Crippen LogP contribution in [0.25, 0.3) is 0 Å². The summed E-state index contributed by atoms with van der Waals surface area (Å²) in [7, 11) is 0. The van der Waals surface area contributed by atoms with Gasteiger partial charge in [0.05, 0.1) is 6.33 Å². The van der Waals surface area contributed by atoms with Gasteiger partial charge in [0, 0.05) is 12.1 Å². The van der Waals surface area contributed by atoms with Crippen molar-refractivity contribution < 1.29 is 32.6 Å². The number of aliphatic carboxylic acids is 1. The van der Waals surface area contributed by atoms with Gasteiger partial charge in [-0.3, -0.25) is 0 Å². The first-order chi connectivity index (χ1) is 9.90. The topological polar surface area (TPSA) is 104 Å². The lowest BCUT2D eigenvalue weighted by Crippen LogP contribution is -2.45. The normalized spacial score (nSPS) is 13.5. The number of nitrogens with zero attached hydrogens (tertiary/aromatic N) is 1. The van der Waals surface area contributed by atoms with Crippen LogP contribution >= 0.6 is 0 Å². The Morgan fingerprint density at radius 2 is 2.00 bits per heavy atom. The number of ether oxygens (including phenoxy) is 1. The van der Waals surface area contributed by atoms with Gasteiger partial charge < -0.3 is 20.1 Å². The molecule has 1 unspecified atom stereocenters. The molecule has 0 bridgehead atoms. The van der Waals surface area contributed by atoms with Gasteiger partial charge in [-0.05, 0) is 20.8 Å². The molecule has 0 saturated carbocycles. The quantitative estimate of drug-likeness (QED) is 0.785. The van der Waals surface area contributed by atoms with Gasteiger partial charge in [-0.25, -0.2) is 14.6 Å². The number of nitrogens with one attached hydrogen (secondary N) is 2. The van der Waals surface area contributed by atoms with Gasteiger partial charge in [0.2, 0.25) is 0 Å². The molecule has 3 N–H and O–H groups in total. The van der Waals surface area contributed by atoms with E-state index < -0.39 is 47.7 Å². The minimum absolute atomic E-state index is 0.434. The monoisotopic (exact) mass is 323 g/mol. The molecule has 0 saturated heterocycles. The number of halogens is 3. The van der Waals surface area contributed by atoms with Crippen LogP contribution in [0.4, 0.5) is 18.0 Å². The third kappa shape index (κ3) is 5.26. The smallest absolute Gasteiger partial charge is 0.435 e. The summed E-state index contributed by atoms with van der Waals surface area (Å²) in [5.74, 6) is -1.49. The summed E-state index contributed by atoms with van der Waals surface area (Å²) < 4.78 is 42.9. The number of rotatable bonds is 4. The van der Waals surface area contributed by atoms with Crippen LogP contribution in [0.2, 0.25) is 0 Å². The van der Waals surface area contributed by atoms with Crippen molar-refractivity contribution in [1.29, 1.82) is 0 Å². The van der Waals surface area contributed by atoms with E-state index >= 15 is 0 Å². The fourth-order valence-electron chi connectivity index (χ4n) is 1.57. The van der Waals surface area contributed by atoms with E-state index in [1.54, 1.807) is 20.8 Å². The fourth-order valence-corrected chi connectivity index (χ4v) is 1.57. The van der Waals surface area contributed by atoms with E-state index in [0.717, 1.165) is 6.33 Å². The molecular weight excluding hydrogens is 307 g/mol. The van der Waals surface area contributed by atoms with Gasteiger partial charge in [-0.2, -0.15) is 13.2 Å². The number of hydrogen-bond donors (Lipinski definition) is 3. The Kier molecular flexibility index (Phi) is 5.05. The molecule has 0 fully saturated rings. The van der Waals surface area contributed by atoms with Crippen LogP contribution in [0.1, 0.15) is 32.2 Å². The number of carboxylic acid groups (broad SMARTS) is 1. The number of carboxylic acids is 1. The van der Waals surface area contributed by atoms with Crippen molar-refractivity contribution in [3.63, 3.8) is 0 Å². The first-order valence-corrected chi connectivity index (χ1v) is 6.22. The molecule has 0 spiro atoms. The number of aromatic nitrogens is 2. The fraction of sp³-hybridized carbons (Fsp3) is 0.583. The van der Waals surface area contributed by atoms with Crippen molar-refractivity contribution in [2.24, 2.45) is 0 Å². The Labute approximate surface area is 123 Å². The van der Waals surface area contributed by atoms with E-state index in [0.29, 0.717) is 0 Å². The van der Waals surface area contributed by atoms with Gasteiger partial charge in [-0.1, -0.05) is 0 Å². The predicted octanol–water partition coefficient (Wildman–Crippen LogP) is 1.95. The number of carbonyl (C=O) groups is 2. The lowest BCUT2D eigenvalue weighted by Gasteiger charge is -2.22. The van der Waals surface area contributed by atoms with Gasteiger partial charge in [0.15, 0.2) is 5.69 Å². The highest BCUT2D eigenvalue weighted by Crippen LogP contribution is 2.30. The molecule has 1 aromatic rings. The highest BCUT2D eigenvalue weighted by Gasteiger charge is 2.37. The van der Waals surface area contributed by atoms with Gasteiger partial charge in [-0.15, -0.1) is 0 Å². The van der Waals surface area contributed by atoms with Crippen molar-refractivity contribution in [3.05, 3.63) is 17.7 Å². The average molecular weight is 323 g/mol. The minimum Gasteiger partial charge on any atom is -0.480 e. The molecule has 10 heteroatoms. The summed E-state index contributed by atoms with van der Waals surface area (Å²) >= 11 is 0. The first-order valence-electron chi connectivity index (χ1n) is 6.22. The van der Waals surface area contributed by atoms with E-state index in [4.69, 9.17) is 9.84 Å². The summed E-state index contributed by atoms with van der Waals surface area (Å²) in [4.78, 5) is 28.0. The molecule has 0 radical (unpaired) electrons. The molecule has 1 heterocycles. The molecule has 1 aromatic heterocycles. The Balaban J connectivity index is 2.84. The van der Waals surface area contributed by atoms with Crippen LogP contribution in [-0.2, 0) is 22.1 Å². The average Bonchev–Trinajstić information content (AvgIpc) is 2.73. The summed E-state index contributed by atoms with van der Waals surface area (Å²) in [6.45, 7) is 4.71. The van der Waals surface area contributed by atoms with Crippen molar-refractivity contribution in [1.82, 2.24) is 15.3 Å². The van der Waals surface area contributed by atoms with E-state index in [-0.39, 0.29) is 0 Å². The van der Waals surface area contributed by atoms with Crippen LogP contribution in [0.5, 0.6) is 0 Å². The van der Waals surface area contributed by atoms with E-state index in [1.807, 2.05) is 5.32 Å². The first kappa shape index (κ1) is 17.8. The summed E-state index contributed by atoms with van der Waals surface area (Å²) in [5.41, 5.74) is -2.51. The number of hydrogen-bond acceptors (Lipinski definition) is 4. The van der Waals surface area contributed by atoms with Crippen LogP contribution in [0.15, 0.2) is 6.33 Å². The Hall–Kier alpha value is -2.26. The molecule has 0 aliphatic carbocycles. The van der Waals surface area contributed by atoms with Crippen LogP contribution in [0, 0.1) is 0 Å². The molecule has 1 amide bonds. The Morgan fingerprint density at radius 3 is 2.45 bits per heavy atom. The van der Waals surface area contributed by atoms with Gasteiger partial charge in [0.25, 0.3) is 0 Å². The third-order valence-electron chi connectivity index (χ3n) is 2.38. The number of alkyl halides is 3. The number of carbonyl (C=O) groups excluding carboxylic acids is 1. The molecule has 0 aliphatic heterocycles. The lowest BCUT2D eigenvalue weighted by molar-refractivity contribution is -0.143. The highest BCUT2D eigenvalue weighted by atomic mass is 19.4. The summed E-state index contributed by atoms with van der Waals surface area (Å²) in [5, 5.41) is 11.0. The van der Waals surface area contributed by atoms with Crippen molar-refractivity contribution in [3.8, 4) is 0 Å². The summed E-state index contributed by atoms with van der Waals surface area (Å²) in [6.07, 6.45) is -5.55. The maximum atomic E-state index is 12.7. The Bertz CT molecular complexity index is 549. The maximum Gasteiger partial charge on any atom is 0.435 e. The number of amides is 1. The third-order valence-corrected chi connectivity index (χ3v) is 2.38. The second kappa shape index (κ2) is 6.24. The Morgan fingerprint density at radius 1 is 1.41 bits per heavy atom. The zero-order valence-corrected chi connectivity index (χ0v) is 12.1. The molecular formula is C12H16F3N3O4. The zero-order chi connectivity index (χ0) is 17.1.